The Morgan fingerprint density at radius 1 is 1.03 bits per heavy atom. The highest BCUT2D eigenvalue weighted by molar-refractivity contribution is 6.00. The molecule has 0 aliphatic heterocycles. The van der Waals surface area contributed by atoms with Crippen LogP contribution >= 0.6 is 0 Å². The number of fused-ring (bicyclic) bond motifs is 3. The van der Waals surface area contributed by atoms with Crippen LogP contribution in [0.4, 0.5) is 0 Å². The monoisotopic (exact) mass is 433 g/mol. The molecule has 2 aromatic carbocycles. The molecule has 0 spiro atoms. The van der Waals surface area contributed by atoms with Crippen LogP contribution in [0.3, 0.4) is 0 Å². The van der Waals surface area contributed by atoms with Gasteiger partial charge in [0, 0.05) is 17.3 Å². The number of nitrogens with zero attached hydrogens (tertiary/aromatic N) is 3. The van der Waals surface area contributed by atoms with E-state index in [0.29, 0.717) is 5.92 Å². The fourth-order valence-electron chi connectivity index (χ4n) is 6.14. The normalized spacial score (nSPS) is 26.2. The molecule has 3 aromatic rings. The molecule has 4 heteroatoms. The van der Waals surface area contributed by atoms with Crippen molar-refractivity contribution < 1.29 is 4.79 Å². The first-order chi connectivity index (χ1) is 16.0. The lowest BCUT2D eigenvalue weighted by Crippen LogP contribution is -2.46. The van der Waals surface area contributed by atoms with Gasteiger partial charge in [-0.25, -0.2) is 9.53 Å². The predicted octanol–water partition coefficient (Wildman–Crippen LogP) is 6.26. The molecule has 164 valence electrons. The molecular formula is C29H27N3O. The highest BCUT2D eigenvalue weighted by Crippen LogP contribution is 2.53. The molecule has 6 rings (SSSR count). The van der Waals surface area contributed by atoms with Crippen molar-refractivity contribution in [3.63, 3.8) is 0 Å². The number of Topliss-reactive ketones (excluding diaryl/α,β-unsaturated/α-hetero) is 1. The summed E-state index contributed by atoms with van der Waals surface area (Å²) in [5.74, 6) is 0.590. The fourth-order valence-corrected chi connectivity index (χ4v) is 6.14. The van der Waals surface area contributed by atoms with Crippen LogP contribution in [0.1, 0.15) is 56.0 Å². The molecule has 0 radical (unpaired) electrons. The Kier molecular flexibility index (Phi) is 4.45. The predicted molar refractivity (Wildman–Crippen MR) is 129 cm³/mol. The number of carbonyl (C=O) groups excluding carboxylic acids is 1. The van der Waals surface area contributed by atoms with Gasteiger partial charge in [0.2, 0.25) is 5.70 Å². The summed E-state index contributed by atoms with van der Waals surface area (Å²) in [6.07, 6.45) is 6.29. The maximum absolute atomic E-state index is 12.8. The minimum absolute atomic E-state index is 0.00313. The molecular weight excluding hydrogens is 406 g/mol. The van der Waals surface area contributed by atoms with Crippen LogP contribution < -0.4 is 0 Å². The zero-order chi connectivity index (χ0) is 22.7. The van der Waals surface area contributed by atoms with E-state index >= 15 is 0 Å². The van der Waals surface area contributed by atoms with Crippen LogP contribution in [0.2, 0.25) is 0 Å². The van der Waals surface area contributed by atoms with E-state index in [9.17, 15) is 4.79 Å². The molecule has 0 N–H and O–H groups in total. The van der Waals surface area contributed by atoms with Crippen molar-refractivity contribution in [2.45, 2.75) is 50.9 Å². The Morgan fingerprint density at radius 2 is 1.73 bits per heavy atom. The Balaban J connectivity index is 1.52. The number of carbonyl (C=O) groups is 1. The van der Waals surface area contributed by atoms with E-state index in [-0.39, 0.29) is 28.7 Å². The van der Waals surface area contributed by atoms with Crippen LogP contribution in [0.5, 0.6) is 0 Å². The molecule has 1 saturated carbocycles. The number of ketones is 1. The van der Waals surface area contributed by atoms with Crippen LogP contribution in [0.15, 0.2) is 66.4 Å². The van der Waals surface area contributed by atoms with E-state index < -0.39 is 0 Å². The SMILES string of the molecule is [C-]#[N+]C1=C[C@@]2(C)c3c(c(C4CC4)nn3-c3ccc(-c4ccccc4)cc3)CC[C@@H]2[C@@H](C)C1=O. The molecule has 0 saturated heterocycles. The third-order valence-electron chi connectivity index (χ3n) is 8.01. The van der Waals surface area contributed by atoms with Gasteiger partial charge in [0.25, 0.3) is 0 Å². The molecule has 0 amide bonds. The smallest absolute Gasteiger partial charge is 0.226 e. The van der Waals surface area contributed by atoms with Gasteiger partial charge in [-0.3, -0.25) is 0 Å². The maximum atomic E-state index is 12.8. The number of aromatic nitrogens is 2. The van der Waals surface area contributed by atoms with Gasteiger partial charge in [-0.15, -0.1) is 0 Å². The van der Waals surface area contributed by atoms with Crippen molar-refractivity contribution in [3.8, 4) is 16.8 Å². The second kappa shape index (κ2) is 7.28. The topological polar surface area (TPSA) is 39.2 Å². The van der Waals surface area contributed by atoms with Gasteiger partial charge in [-0.1, -0.05) is 62.4 Å². The Morgan fingerprint density at radius 3 is 2.39 bits per heavy atom. The van der Waals surface area contributed by atoms with E-state index in [0.717, 1.165) is 18.5 Å². The van der Waals surface area contributed by atoms with Crippen molar-refractivity contribution in [2.75, 3.05) is 0 Å². The second-order valence-electron chi connectivity index (χ2n) is 10.0. The molecule has 0 unspecified atom stereocenters. The fraction of sp³-hybridized carbons (Fsp3) is 0.345. The molecule has 33 heavy (non-hydrogen) atoms. The molecule has 0 bridgehead atoms. The number of hydrogen-bond acceptors (Lipinski definition) is 2. The largest absolute Gasteiger partial charge is 0.308 e. The molecule has 4 nitrogen and oxygen atoms in total. The van der Waals surface area contributed by atoms with Gasteiger partial charge >= 0.3 is 0 Å². The van der Waals surface area contributed by atoms with Crippen molar-refractivity contribution in [2.24, 2.45) is 11.8 Å². The first-order valence-electron chi connectivity index (χ1n) is 11.9. The molecule has 3 aliphatic rings. The van der Waals surface area contributed by atoms with E-state index in [2.05, 4.69) is 65.0 Å². The van der Waals surface area contributed by atoms with Gasteiger partial charge < -0.3 is 4.79 Å². The number of benzene rings is 2. The van der Waals surface area contributed by atoms with Crippen molar-refractivity contribution >= 4 is 5.78 Å². The molecule has 3 aliphatic carbocycles. The van der Waals surface area contributed by atoms with Gasteiger partial charge in [0.15, 0.2) is 5.78 Å². The number of hydrogen-bond donors (Lipinski definition) is 0. The Hall–Kier alpha value is -3.45. The quantitative estimate of drug-likeness (QED) is 0.458. The van der Waals surface area contributed by atoms with Crippen LogP contribution in [-0.4, -0.2) is 15.6 Å². The van der Waals surface area contributed by atoms with E-state index in [1.165, 1.54) is 40.9 Å². The van der Waals surface area contributed by atoms with Crippen LogP contribution in [0, 0.1) is 18.4 Å². The summed E-state index contributed by atoms with van der Waals surface area (Å²) in [5.41, 5.74) is 7.11. The highest BCUT2D eigenvalue weighted by Gasteiger charge is 2.51. The maximum Gasteiger partial charge on any atom is 0.226 e. The Labute approximate surface area is 194 Å². The van der Waals surface area contributed by atoms with Crippen LogP contribution in [-0.2, 0) is 16.6 Å². The van der Waals surface area contributed by atoms with E-state index in [1.54, 1.807) is 0 Å². The summed E-state index contributed by atoms with van der Waals surface area (Å²) >= 11 is 0. The average Bonchev–Trinajstić information content (AvgIpc) is 3.62. The molecule has 3 atom stereocenters. The minimum Gasteiger partial charge on any atom is -0.308 e. The number of rotatable bonds is 3. The van der Waals surface area contributed by atoms with Crippen LogP contribution in [0.25, 0.3) is 21.7 Å². The minimum atomic E-state index is -0.376. The Bertz CT molecular complexity index is 1320. The lowest BCUT2D eigenvalue weighted by molar-refractivity contribution is -0.121. The molecule has 1 fully saturated rings. The van der Waals surface area contributed by atoms with Gasteiger partial charge in [-0.2, -0.15) is 5.10 Å². The first-order valence-corrected chi connectivity index (χ1v) is 11.9. The summed E-state index contributed by atoms with van der Waals surface area (Å²) in [6.45, 7) is 11.8. The molecule has 1 heterocycles. The van der Waals surface area contributed by atoms with Crippen molar-refractivity contribution in [1.82, 2.24) is 9.78 Å². The van der Waals surface area contributed by atoms with Crippen molar-refractivity contribution in [1.29, 1.82) is 0 Å². The third kappa shape index (κ3) is 3.03. The third-order valence-corrected chi connectivity index (χ3v) is 8.01. The van der Waals surface area contributed by atoms with E-state index in [1.807, 2.05) is 19.1 Å². The zero-order valence-electron chi connectivity index (χ0n) is 19.1. The number of allylic oxidation sites excluding steroid dienone is 2. The molecule has 1 aromatic heterocycles. The second-order valence-corrected chi connectivity index (χ2v) is 10.0. The lowest BCUT2D eigenvalue weighted by Gasteiger charge is -2.45. The summed E-state index contributed by atoms with van der Waals surface area (Å²) in [6, 6.07) is 19.0. The summed E-state index contributed by atoms with van der Waals surface area (Å²) in [7, 11) is 0. The van der Waals surface area contributed by atoms with E-state index in [4.69, 9.17) is 11.7 Å². The summed E-state index contributed by atoms with van der Waals surface area (Å²) < 4.78 is 2.13. The zero-order valence-corrected chi connectivity index (χ0v) is 19.1. The first kappa shape index (κ1) is 20.2. The van der Waals surface area contributed by atoms with Gasteiger partial charge in [0.1, 0.15) is 0 Å². The highest BCUT2D eigenvalue weighted by atomic mass is 16.1. The van der Waals surface area contributed by atoms with Gasteiger partial charge in [-0.05, 0) is 60.4 Å². The average molecular weight is 434 g/mol. The summed E-state index contributed by atoms with van der Waals surface area (Å²) in [4.78, 5) is 16.4. The summed E-state index contributed by atoms with van der Waals surface area (Å²) in [5, 5.41) is 5.18. The van der Waals surface area contributed by atoms with Gasteiger partial charge in [0.05, 0.1) is 23.6 Å². The standard InChI is InChI=1S/C29H27N3O/c1-18-24-16-15-23-26(21-9-10-21)31-32(28(23)29(24,2)17-25(30-3)27(18)33)22-13-11-20(12-14-22)19-7-5-4-6-8-19/h4-8,11-14,17-18,21,24H,9-10,15-16H2,1-2H3/t18-,24-,29-/m1/s1. The van der Waals surface area contributed by atoms with Crippen molar-refractivity contribution in [3.05, 3.63) is 94.7 Å². The lowest BCUT2D eigenvalue weighted by atomic mass is 9.58.